The number of carbonyl (C=O) groups excluding carboxylic acids is 3. The van der Waals surface area contributed by atoms with Crippen LogP contribution in [-0.2, 0) is 14.3 Å². The number of hydrogen-bond acceptors (Lipinski definition) is 7. The number of nitrogens with zero attached hydrogens (tertiary/aromatic N) is 1. The van der Waals surface area contributed by atoms with Crippen molar-refractivity contribution in [1.29, 1.82) is 0 Å². The summed E-state index contributed by atoms with van der Waals surface area (Å²) in [5.41, 5.74) is 0.604. The molecule has 2 heterocycles. The molecule has 2 amide bonds. The molecule has 0 atom stereocenters. The van der Waals surface area contributed by atoms with E-state index in [0.29, 0.717) is 22.7 Å². The molecule has 1 aromatic heterocycles. The zero-order valence-electron chi connectivity index (χ0n) is 13.9. The van der Waals surface area contributed by atoms with Crippen LogP contribution in [0.5, 0.6) is 11.5 Å². The fourth-order valence-corrected chi connectivity index (χ4v) is 2.32. The number of aromatic nitrogens is 1. The van der Waals surface area contributed by atoms with Gasteiger partial charge in [-0.25, -0.2) is 4.98 Å². The molecule has 1 aliphatic heterocycles. The Bertz CT molecular complexity index is 889. The summed E-state index contributed by atoms with van der Waals surface area (Å²) in [5, 5.41) is 4.97. The average Bonchev–Trinajstić information content (AvgIpc) is 3.14. The van der Waals surface area contributed by atoms with Crippen LogP contribution in [0, 0.1) is 0 Å². The molecule has 0 spiro atoms. The number of anilines is 1. The van der Waals surface area contributed by atoms with Crippen molar-refractivity contribution in [3.8, 4) is 11.5 Å². The Morgan fingerprint density at radius 2 is 2.00 bits per heavy atom. The molecule has 0 saturated heterocycles. The van der Waals surface area contributed by atoms with Crippen molar-refractivity contribution < 1.29 is 28.6 Å². The Hall–Kier alpha value is -3.33. The first-order chi connectivity index (χ1) is 13.0. The van der Waals surface area contributed by atoms with Crippen LogP contribution in [0.15, 0.2) is 36.5 Å². The Balaban J connectivity index is 1.42. The Morgan fingerprint density at radius 3 is 2.81 bits per heavy atom. The van der Waals surface area contributed by atoms with Gasteiger partial charge in [0, 0.05) is 11.8 Å². The highest BCUT2D eigenvalue weighted by atomic mass is 35.5. The minimum absolute atomic E-state index is 0.0963. The highest BCUT2D eigenvalue weighted by Gasteiger charge is 2.17. The van der Waals surface area contributed by atoms with Crippen LogP contribution >= 0.6 is 11.6 Å². The summed E-state index contributed by atoms with van der Waals surface area (Å²) < 4.78 is 15.1. The fraction of sp³-hybridized carbons (Fsp3) is 0.176. The maximum atomic E-state index is 12.0. The number of pyridine rings is 1. The molecule has 27 heavy (non-hydrogen) atoms. The van der Waals surface area contributed by atoms with E-state index in [4.69, 9.17) is 25.8 Å². The van der Waals surface area contributed by atoms with Gasteiger partial charge in [-0.15, -0.1) is 0 Å². The molecule has 2 N–H and O–H groups in total. The third-order valence-electron chi connectivity index (χ3n) is 3.43. The number of halogens is 1. The summed E-state index contributed by atoms with van der Waals surface area (Å²) in [6, 6.07) is 7.80. The second-order valence-corrected chi connectivity index (χ2v) is 5.66. The molecule has 1 aromatic carbocycles. The number of carbonyl (C=O) groups is 3. The molecule has 2 aromatic rings. The third-order valence-corrected chi connectivity index (χ3v) is 3.73. The number of hydrogen-bond donors (Lipinski definition) is 2. The van der Waals surface area contributed by atoms with Gasteiger partial charge in [0.1, 0.15) is 6.54 Å². The predicted octanol–water partition coefficient (Wildman–Crippen LogP) is 1.38. The third kappa shape index (κ3) is 4.85. The highest BCUT2D eigenvalue weighted by Crippen LogP contribution is 2.32. The lowest BCUT2D eigenvalue weighted by Gasteiger charge is -2.08. The molecule has 0 aliphatic carbocycles. The van der Waals surface area contributed by atoms with Crippen molar-refractivity contribution in [2.24, 2.45) is 0 Å². The van der Waals surface area contributed by atoms with Crippen LogP contribution in [0.25, 0.3) is 0 Å². The standard InChI is InChI=1S/C17H14ClN3O6/c18-16-11(2-1-5-19-16)21-14(22)8-25-15(23)7-20-17(24)10-3-4-12-13(6-10)27-9-26-12/h1-6H,7-9H2,(H,20,24)(H,21,22). The zero-order valence-corrected chi connectivity index (χ0v) is 14.6. The summed E-state index contributed by atoms with van der Waals surface area (Å²) in [5.74, 6) is -0.838. The van der Waals surface area contributed by atoms with E-state index in [0.717, 1.165) is 0 Å². The van der Waals surface area contributed by atoms with Gasteiger partial charge in [-0.2, -0.15) is 0 Å². The summed E-state index contributed by atoms with van der Waals surface area (Å²) >= 11 is 5.81. The Kier molecular flexibility index (Phi) is 5.72. The Morgan fingerprint density at radius 1 is 1.19 bits per heavy atom. The summed E-state index contributed by atoms with van der Waals surface area (Å²) in [4.78, 5) is 39.3. The van der Waals surface area contributed by atoms with Gasteiger partial charge >= 0.3 is 5.97 Å². The van der Waals surface area contributed by atoms with Gasteiger partial charge in [0.2, 0.25) is 6.79 Å². The number of rotatable bonds is 6. The van der Waals surface area contributed by atoms with Crippen LogP contribution in [0.1, 0.15) is 10.4 Å². The molecule has 0 radical (unpaired) electrons. The van der Waals surface area contributed by atoms with Crippen molar-refractivity contribution in [2.75, 3.05) is 25.3 Å². The first-order valence-electron chi connectivity index (χ1n) is 7.77. The molecule has 0 fully saturated rings. The van der Waals surface area contributed by atoms with Gasteiger partial charge in [0.05, 0.1) is 5.69 Å². The van der Waals surface area contributed by atoms with Gasteiger partial charge in [0.25, 0.3) is 11.8 Å². The van der Waals surface area contributed by atoms with Crippen LogP contribution in [0.3, 0.4) is 0 Å². The van der Waals surface area contributed by atoms with Crippen LogP contribution in [0.4, 0.5) is 5.69 Å². The monoisotopic (exact) mass is 391 g/mol. The smallest absolute Gasteiger partial charge is 0.325 e. The SMILES string of the molecule is O=C(COC(=O)CNC(=O)c1ccc2c(c1)OCO2)Nc1cccnc1Cl. The van der Waals surface area contributed by atoms with E-state index in [1.165, 1.54) is 12.3 Å². The van der Waals surface area contributed by atoms with Crippen molar-refractivity contribution in [1.82, 2.24) is 10.3 Å². The fourth-order valence-electron chi connectivity index (χ4n) is 2.15. The van der Waals surface area contributed by atoms with Gasteiger partial charge in [-0.3, -0.25) is 14.4 Å². The molecule has 0 saturated carbocycles. The lowest BCUT2D eigenvalue weighted by molar-refractivity contribution is -0.146. The quantitative estimate of drug-likeness (QED) is 0.564. The highest BCUT2D eigenvalue weighted by molar-refractivity contribution is 6.32. The van der Waals surface area contributed by atoms with Crippen molar-refractivity contribution >= 4 is 35.1 Å². The van der Waals surface area contributed by atoms with E-state index in [-0.39, 0.29) is 11.9 Å². The molecule has 0 unspecified atom stereocenters. The number of nitrogens with one attached hydrogen (secondary N) is 2. The van der Waals surface area contributed by atoms with E-state index in [2.05, 4.69) is 15.6 Å². The van der Waals surface area contributed by atoms with Crippen molar-refractivity contribution in [3.63, 3.8) is 0 Å². The van der Waals surface area contributed by atoms with E-state index in [9.17, 15) is 14.4 Å². The molecule has 140 valence electrons. The molecule has 3 rings (SSSR count). The van der Waals surface area contributed by atoms with Crippen LogP contribution < -0.4 is 20.1 Å². The lowest BCUT2D eigenvalue weighted by atomic mass is 10.2. The topological polar surface area (TPSA) is 116 Å². The second-order valence-electron chi connectivity index (χ2n) is 5.30. The maximum absolute atomic E-state index is 12.0. The first kappa shape index (κ1) is 18.5. The normalized spacial score (nSPS) is 11.6. The molecule has 9 nitrogen and oxygen atoms in total. The molecular formula is C17H14ClN3O6. The Labute approximate surface area is 158 Å². The molecular weight excluding hydrogens is 378 g/mol. The van der Waals surface area contributed by atoms with Gasteiger partial charge in [-0.05, 0) is 30.3 Å². The number of benzene rings is 1. The minimum atomic E-state index is -0.767. The number of fused-ring (bicyclic) bond motifs is 1. The maximum Gasteiger partial charge on any atom is 0.325 e. The van der Waals surface area contributed by atoms with Gasteiger partial charge in [-0.1, -0.05) is 11.6 Å². The molecule has 10 heteroatoms. The number of ether oxygens (including phenoxy) is 3. The van der Waals surface area contributed by atoms with E-state index in [1.807, 2.05) is 0 Å². The largest absolute Gasteiger partial charge is 0.454 e. The van der Waals surface area contributed by atoms with Crippen molar-refractivity contribution in [3.05, 3.63) is 47.2 Å². The first-order valence-corrected chi connectivity index (χ1v) is 8.14. The van der Waals surface area contributed by atoms with Gasteiger partial charge in [0.15, 0.2) is 23.3 Å². The van der Waals surface area contributed by atoms with Crippen LogP contribution in [0.2, 0.25) is 5.15 Å². The lowest BCUT2D eigenvalue weighted by Crippen LogP contribution is -2.32. The summed E-state index contributed by atoms with van der Waals surface area (Å²) in [6.07, 6.45) is 1.47. The predicted molar refractivity (Wildman–Crippen MR) is 93.7 cm³/mol. The van der Waals surface area contributed by atoms with Gasteiger partial charge < -0.3 is 24.8 Å². The van der Waals surface area contributed by atoms with Crippen LogP contribution in [-0.4, -0.2) is 42.7 Å². The summed E-state index contributed by atoms with van der Waals surface area (Å²) in [6.45, 7) is -0.822. The average molecular weight is 392 g/mol. The van der Waals surface area contributed by atoms with Crippen molar-refractivity contribution in [2.45, 2.75) is 0 Å². The molecule has 1 aliphatic rings. The van der Waals surface area contributed by atoms with E-state index >= 15 is 0 Å². The summed E-state index contributed by atoms with van der Waals surface area (Å²) in [7, 11) is 0. The van der Waals surface area contributed by atoms with E-state index < -0.39 is 30.9 Å². The second kappa shape index (κ2) is 8.37. The minimum Gasteiger partial charge on any atom is -0.454 e. The molecule has 0 bridgehead atoms. The zero-order chi connectivity index (χ0) is 19.2. The number of esters is 1. The number of amides is 2. The van der Waals surface area contributed by atoms with E-state index in [1.54, 1.807) is 24.3 Å².